The lowest BCUT2D eigenvalue weighted by atomic mass is 9.92. The van der Waals surface area contributed by atoms with Gasteiger partial charge in [0.25, 0.3) is 0 Å². The zero-order valence-corrected chi connectivity index (χ0v) is 14.2. The van der Waals surface area contributed by atoms with Crippen LogP contribution in [0.4, 0.5) is 0 Å². The van der Waals surface area contributed by atoms with Crippen molar-refractivity contribution in [3.63, 3.8) is 0 Å². The molecule has 1 atom stereocenters. The van der Waals surface area contributed by atoms with Crippen molar-refractivity contribution in [2.45, 2.75) is 32.0 Å². The topological polar surface area (TPSA) is 98.0 Å². The predicted molar refractivity (Wildman–Crippen MR) is 95.6 cm³/mol. The second-order valence-electron chi connectivity index (χ2n) is 6.44. The Bertz CT molecular complexity index is 773. The Kier molecular flexibility index (Phi) is 5.62. The maximum Gasteiger partial charge on any atom is 0.189 e. The van der Waals surface area contributed by atoms with Crippen LogP contribution >= 0.6 is 0 Å². The standard InChI is InChI=1S/C20H22O5/c1-20(2,25)18(23)12-15-17(22)11-9-14(19(15)24)16(21)10-8-13-6-4-3-5-7-13/h3-11,18,22-25H,12H2,1-2H3/b10-8+. The van der Waals surface area contributed by atoms with Crippen molar-refractivity contribution in [1.82, 2.24) is 0 Å². The quantitative estimate of drug-likeness (QED) is 0.478. The first-order valence-corrected chi connectivity index (χ1v) is 7.92. The van der Waals surface area contributed by atoms with Gasteiger partial charge < -0.3 is 20.4 Å². The van der Waals surface area contributed by atoms with Gasteiger partial charge in [0.15, 0.2) is 5.78 Å². The molecule has 0 aliphatic heterocycles. The predicted octanol–water partition coefficient (Wildman–Crippen LogP) is 2.67. The van der Waals surface area contributed by atoms with Crippen LogP contribution in [0.2, 0.25) is 0 Å². The highest BCUT2D eigenvalue weighted by atomic mass is 16.3. The van der Waals surface area contributed by atoms with Crippen molar-refractivity contribution in [3.05, 3.63) is 65.2 Å². The Labute approximate surface area is 146 Å². The van der Waals surface area contributed by atoms with E-state index in [1.54, 1.807) is 6.08 Å². The van der Waals surface area contributed by atoms with Gasteiger partial charge in [0.05, 0.1) is 17.3 Å². The minimum Gasteiger partial charge on any atom is -0.508 e. The van der Waals surface area contributed by atoms with Gasteiger partial charge in [-0.1, -0.05) is 36.4 Å². The highest BCUT2D eigenvalue weighted by Gasteiger charge is 2.28. The van der Waals surface area contributed by atoms with E-state index in [-0.39, 0.29) is 23.3 Å². The summed E-state index contributed by atoms with van der Waals surface area (Å²) in [6, 6.07) is 11.8. The first kappa shape index (κ1) is 18.7. The van der Waals surface area contributed by atoms with Crippen LogP contribution in [0.5, 0.6) is 11.5 Å². The summed E-state index contributed by atoms with van der Waals surface area (Å²) >= 11 is 0. The summed E-state index contributed by atoms with van der Waals surface area (Å²) in [4.78, 5) is 12.3. The van der Waals surface area contributed by atoms with E-state index in [1.807, 2.05) is 30.3 Å². The third-order valence-corrected chi connectivity index (χ3v) is 3.96. The van der Waals surface area contributed by atoms with Crippen molar-refractivity contribution < 1.29 is 25.2 Å². The molecule has 0 fully saturated rings. The average Bonchev–Trinajstić information content (AvgIpc) is 2.56. The van der Waals surface area contributed by atoms with Gasteiger partial charge in [0, 0.05) is 12.0 Å². The Hall–Kier alpha value is -2.63. The number of carbonyl (C=O) groups is 1. The Balaban J connectivity index is 2.29. The van der Waals surface area contributed by atoms with Crippen molar-refractivity contribution in [2.75, 3.05) is 0 Å². The molecule has 0 aliphatic carbocycles. The van der Waals surface area contributed by atoms with Crippen LogP contribution in [0.1, 0.15) is 35.3 Å². The Morgan fingerprint density at radius 2 is 1.76 bits per heavy atom. The van der Waals surface area contributed by atoms with Gasteiger partial charge in [0.1, 0.15) is 11.5 Å². The summed E-state index contributed by atoms with van der Waals surface area (Å²) in [7, 11) is 0. The molecule has 0 saturated heterocycles. The summed E-state index contributed by atoms with van der Waals surface area (Å²) in [6.45, 7) is 2.84. The van der Waals surface area contributed by atoms with E-state index in [0.717, 1.165) is 5.56 Å². The number of phenols is 2. The molecule has 2 aromatic carbocycles. The average molecular weight is 342 g/mol. The number of ketones is 1. The van der Waals surface area contributed by atoms with Crippen molar-refractivity contribution in [3.8, 4) is 11.5 Å². The van der Waals surface area contributed by atoms with Crippen LogP contribution in [0.3, 0.4) is 0 Å². The molecule has 0 aliphatic rings. The highest BCUT2D eigenvalue weighted by molar-refractivity contribution is 6.09. The Morgan fingerprint density at radius 1 is 1.12 bits per heavy atom. The summed E-state index contributed by atoms with van der Waals surface area (Å²) < 4.78 is 0. The number of carbonyl (C=O) groups excluding carboxylic acids is 1. The number of aromatic hydroxyl groups is 2. The first-order valence-electron chi connectivity index (χ1n) is 7.92. The van der Waals surface area contributed by atoms with Crippen molar-refractivity contribution in [1.29, 1.82) is 0 Å². The number of rotatable bonds is 6. The number of hydrogen-bond acceptors (Lipinski definition) is 5. The van der Waals surface area contributed by atoms with Gasteiger partial charge in [-0.2, -0.15) is 0 Å². The Morgan fingerprint density at radius 3 is 2.36 bits per heavy atom. The van der Waals surface area contributed by atoms with Gasteiger partial charge >= 0.3 is 0 Å². The second-order valence-corrected chi connectivity index (χ2v) is 6.44. The molecule has 5 heteroatoms. The summed E-state index contributed by atoms with van der Waals surface area (Å²) in [5.41, 5.74) is -0.533. The third kappa shape index (κ3) is 4.68. The molecular weight excluding hydrogens is 320 g/mol. The lowest BCUT2D eigenvalue weighted by Gasteiger charge is -2.25. The molecule has 0 amide bonds. The van der Waals surface area contributed by atoms with E-state index >= 15 is 0 Å². The molecule has 2 rings (SSSR count). The third-order valence-electron chi connectivity index (χ3n) is 3.96. The molecule has 1 unspecified atom stereocenters. The van der Waals surface area contributed by atoms with Gasteiger partial charge in [-0.05, 0) is 37.6 Å². The molecule has 25 heavy (non-hydrogen) atoms. The fraction of sp³-hybridized carbons (Fsp3) is 0.250. The van der Waals surface area contributed by atoms with Gasteiger partial charge in [-0.25, -0.2) is 0 Å². The summed E-state index contributed by atoms with van der Waals surface area (Å²) in [5, 5.41) is 40.1. The lowest BCUT2D eigenvalue weighted by molar-refractivity contribution is -0.0472. The van der Waals surface area contributed by atoms with E-state index < -0.39 is 23.2 Å². The minimum atomic E-state index is -1.41. The van der Waals surface area contributed by atoms with Crippen molar-refractivity contribution >= 4 is 11.9 Å². The SMILES string of the molecule is CC(C)(O)C(O)Cc1c(O)ccc(C(=O)/C=C/c2ccccc2)c1O. The van der Waals surface area contributed by atoms with Gasteiger partial charge in [0.2, 0.25) is 0 Å². The zero-order valence-electron chi connectivity index (χ0n) is 14.2. The van der Waals surface area contributed by atoms with Crippen molar-refractivity contribution in [2.24, 2.45) is 0 Å². The largest absolute Gasteiger partial charge is 0.508 e. The molecule has 0 radical (unpaired) electrons. The number of aliphatic hydroxyl groups is 2. The van der Waals surface area contributed by atoms with E-state index in [0.29, 0.717) is 0 Å². The molecule has 5 nitrogen and oxygen atoms in total. The molecule has 0 heterocycles. The highest BCUT2D eigenvalue weighted by Crippen LogP contribution is 2.33. The number of hydrogen-bond donors (Lipinski definition) is 4. The zero-order chi connectivity index (χ0) is 18.6. The van der Waals surface area contributed by atoms with Crippen LogP contribution in [-0.2, 0) is 6.42 Å². The minimum absolute atomic E-state index is 0.0166. The van der Waals surface area contributed by atoms with E-state index in [4.69, 9.17) is 0 Å². The van der Waals surface area contributed by atoms with Gasteiger partial charge in [-0.15, -0.1) is 0 Å². The number of aliphatic hydroxyl groups excluding tert-OH is 1. The number of phenolic OH excluding ortho intramolecular Hbond substituents is 2. The van der Waals surface area contributed by atoms with Crippen LogP contribution in [0.15, 0.2) is 48.5 Å². The van der Waals surface area contributed by atoms with E-state index in [9.17, 15) is 25.2 Å². The molecule has 2 aromatic rings. The summed E-state index contributed by atoms with van der Waals surface area (Å²) in [5.74, 6) is -1.07. The molecule has 0 aromatic heterocycles. The molecule has 132 valence electrons. The monoisotopic (exact) mass is 342 g/mol. The molecular formula is C20H22O5. The van der Waals surface area contributed by atoms with Crippen LogP contribution in [-0.4, -0.2) is 37.9 Å². The fourth-order valence-corrected chi connectivity index (χ4v) is 2.29. The fourth-order valence-electron chi connectivity index (χ4n) is 2.29. The maximum absolute atomic E-state index is 12.3. The van der Waals surface area contributed by atoms with Gasteiger partial charge in [-0.3, -0.25) is 4.79 Å². The number of allylic oxidation sites excluding steroid dienone is 1. The second kappa shape index (κ2) is 7.51. The molecule has 0 bridgehead atoms. The van der Waals surface area contributed by atoms with Crippen LogP contribution < -0.4 is 0 Å². The van der Waals surface area contributed by atoms with Crippen LogP contribution in [0, 0.1) is 0 Å². The first-order chi connectivity index (χ1) is 11.7. The maximum atomic E-state index is 12.3. The lowest BCUT2D eigenvalue weighted by Crippen LogP contribution is -2.37. The number of benzene rings is 2. The summed E-state index contributed by atoms with van der Waals surface area (Å²) in [6.07, 6.45) is 1.55. The normalized spacial score (nSPS) is 13.1. The van der Waals surface area contributed by atoms with E-state index in [2.05, 4.69) is 0 Å². The van der Waals surface area contributed by atoms with Crippen LogP contribution in [0.25, 0.3) is 6.08 Å². The molecule has 0 spiro atoms. The molecule has 0 saturated carbocycles. The van der Waals surface area contributed by atoms with E-state index in [1.165, 1.54) is 32.1 Å². The molecule has 4 N–H and O–H groups in total. The smallest absolute Gasteiger partial charge is 0.189 e.